The van der Waals surface area contributed by atoms with Crippen LogP contribution in [-0.2, 0) is 11.3 Å². The van der Waals surface area contributed by atoms with E-state index in [4.69, 9.17) is 15.0 Å². The number of halogens is 1. The third-order valence-corrected chi connectivity index (χ3v) is 4.18. The number of hydrogen-bond acceptors (Lipinski definition) is 5. The third kappa shape index (κ3) is 4.62. The summed E-state index contributed by atoms with van der Waals surface area (Å²) >= 11 is 0. The van der Waals surface area contributed by atoms with Gasteiger partial charge in [0.15, 0.2) is 0 Å². The van der Waals surface area contributed by atoms with E-state index in [-0.39, 0.29) is 10.9 Å². The van der Waals surface area contributed by atoms with Crippen LogP contribution in [0.1, 0.15) is 24.2 Å². The maximum atomic E-state index is 14.5. The van der Waals surface area contributed by atoms with Crippen LogP contribution in [0.2, 0.25) is 0 Å². The number of hydrogen-bond donors (Lipinski definition) is 3. The number of nitrogens with zero attached hydrogens (tertiary/aromatic N) is 2. The van der Waals surface area contributed by atoms with Crippen LogP contribution >= 0.6 is 0 Å². The van der Waals surface area contributed by atoms with Gasteiger partial charge in [-0.05, 0) is 19.1 Å². The predicted octanol–water partition coefficient (Wildman–Crippen LogP) is 1.36. The Morgan fingerprint density at radius 1 is 1.22 bits per heavy atom. The molecule has 1 aromatic heterocycles. The number of carbonyl (C=O) groups is 2. The number of carboxylic acid groups (broad SMARTS) is 2. The maximum Gasteiger partial charge on any atom is 0.341 e. The van der Waals surface area contributed by atoms with Crippen LogP contribution in [0.15, 0.2) is 23.1 Å². The average Bonchev–Trinajstić information content (AvgIpc) is 2.62. The Bertz CT molecular complexity index is 915. The first-order valence-electron chi connectivity index (χ1n) is 8.51. The van der Waals surface area contributed by atoms with Gasteiger partial charge in [-0.2, -0.15) is 0 Å². The van der Waals surface area contributed by atoms with E-state index >= 15 is 0 Å². The van der Waals surface area contributed by atoms with Crippen molar-refractivity contribution in [3.63, 3.8) is 0 Å². The minimum atomic E-state index is -1.30. The van der Waals surface area contributed by atoms with E-state index in [1.54, 1.807) is 10.6 Å². The van der Waals surface area contributed by atoms with Crippen LogP contribution in [0, 0.1) is 5.82 Å². The van der Waals surface area contributed by atoms with Crippen molar-refractivity contribution in [1.29, 1.82) is 0 Å². The van der Waals surface area contributed by atoms with Gasteiger partial charge in [0.1, 0.15) is 11.4 Å². The molecule has 0 aliphatic carbocycles. The minimum Gasteiger partial charge on any atom is -0.481 e. The largest absolute Gasteiger partial charge is 0.481 e. The van der Waals surface area contributed by atoms with Crippen LogP contribution in [-0.4, -0.2) is 52.9 Å². The Hall–Kier alpha value is -2.94. The summed E-state index contributed by atoms with van der Waals surface area (Å²) in [5, 5.41) is 19.9. The SMILES string of the molecule is CC(=O)O.CCn1cc(C(=O)O)c(=O)c2cc(F)c(N3CCNCC3)cc21. The number of rotatable bonds is 3. The highest BCUT2D eigenvalue weighted by atomic mass is 19.1. The van der Waals surface area contributed by atoms with E-state index in [2.05, 4.69) is 5.32 Å². The summed E-state index contributed by atoms with van der Waals surface area (Å²) < 4.78 is 16.2. The van der Waals surface area contributed by atoms with Crippen molar-refractivity contribution in [3.8, 4) is 0 Å². The number of aliphatic carboxylic acids is 1. The van der Waals surface area contributed by atoms with E-state index in [1.807, 2.05) is 11.8 Å². The lowest BCUT2D eigenvalue weighted by atomic mass is 10.1. The fourth-order valence-electron chi connectivity index (χ4n) is 2.96. The highest BCUT2D eigenvalue weighted by molar-refractivity contribution is 5.93. The molecule has 3 N–H and O–H groups in total. The normalized spacial score (nSPS) is 13.8. The lowest BCUT2D eigenvalue weighted by Crippen LogP contribution is -2.43. The molecule has 1 aromatic carbocycles. The molecule has 0 radical (unpaired) electrons. The molecule has 0 amide bonds. The van der Waals surface area contributed by atoms with Crippen LogP contribution in [0.3, 0.4) is 0 Å². The van der Waals surface area contributed by atoms with Gasteiger partial charge in [-0.3, -0.25) is 9.59 Å². The molecule has 0 spiro atoms. The number of pyridine rings is 1. The van der Waals surface area contributed by atoms with E-state index in [0.717, 1.165) is 26.1 Å². The third-order valence-electron chi connectivity index (χ3n) is 4.18. The van der Waals surface area contributed by atoms with Gasteiger partial charge >= 0.3 is 5.97 Å². The topological polar surface area (TPSA) is 112 Å². The fraction of sp³-hybridized carbons (Fsp3) is 0.389. The van der Waals surface area contributed by atoms with Gasteiger partial charge in [0, 0.05) is 51.2 Å². The second-order valence-corrected chi connectivity index (χ2v) is 6.04. The molecule has 0 saturated carbocycles. The zero-order chi connectivity index (χ0) is 20.1. The Morgan fingerprint density at radius 2 is 1.81 bits per heavy atom. The van der Waals surface area contributed by atoms with Gasteiger partial charge in [-0.1, -0.05) is 0 Å². The number of aromatic nitrogens is 1. The lowest BCUT2D eigenvalue weighted by molar-refractivity contribution is -0.134. The van der Waals surface area contributed by atoms with E-state index < -0.39 is 23.2 Å². The van der Waals surface area contributed by atoms with Crippen LogP contribution in [0.4, 0.5) is 10.1 Å². The van der Waals surface area contributed by atoms with Crippen molar-refractivity contribution >= 4 is 28.5 Å². The van der Waals surface area contributed by atoms with Crippen molar-refractivity contribution in [2.24, 2.45) is 0 Å². The summed E-state index contributed by atoms with van der Waals surface area (Å²) in [5.41, 5.74) is 0.0118. The Labute approximate surface area is 154 Å². The van der Waals surface area contributed by atoms with Crippen molar-refractivity contribution in [1.82, 2.24) is 9.88 Å². The second-order valence-electron chi connectivity index (χ2n) is 6.04. The first kappa shape index (κ1) is 20.4. The molecule has 1 fully saturated rings. The molecule has 2 aromatic rings. The minimum absolute atomic E-state index is 0.100. The quantitative estimate of drug-likeness (QED) is 0.738. The monoisotopic (exact) mass is 379 g/mol. The second kappa shape index (κ2) is 8.63. The van der Waals surface area contributed by atoms with Gasteiger partial charge < -0.3 is 25.0 Å². The first-order valence-corrected chi connectivity index (χ1v) is 8.51. The van der Waals surface area contributed by atoms with Crippen LogP contribution in [0.25, 0.3) is 10.9 Å². The molecule has 1 aliphatic rings. The summed E-state index contributed by atoms with van der Waals surface area (Å²) in [6, 6.07) is 2.81. The smallest absolute Gasteiger partial charge is 0.341 e. The van der Waals surface area contributed by atoms with Crippen molar-refractivity contribution in [2.45, 2.75) is 20.4 Å². The van der Waals surface area contributed by atoms with Gasteiger partial charge in [-0.15, -0.1) is 0 Å². The summed E-state index contributed by atoms with van der Waals surface area (Å²) in [7, 11) is 0. The number of aromatic carboxylic acids is 1. The van der Waals surface area contributed by atoms with Gasteiger partial charge in [0.05, 0.1) is 11.2 Å². The number of benzene rings is 1. The molecule has 1 saturated heterocycles. The molecule has 2 heterocycles. The molecule has 3 rings (SSSR count). The van der Waals surface area contributed by atoms with Crippen molar-refractivity contribution < 1.29 is 24.2 Å². The summed E-state index contributed by atoms with van der Waals surface area (Å²) in [6.45, 7) is 6.34. The average molecular weight is 379 g/mol. The maximum absolute atomic E-state index is 14.5. The highest BCUT2D eigenvalue weighted by Gasteiger charge is 2.19. The lowest BCUT2D eigenvalue weighted by Gasteiger charge is -2.30. The fourth-order valence-corrected chi connectivity index (χ4v) is 2.96. The summed E-state index contributed by atoms with van der Waals surface area (Å²) in [5.74, 6) is -2.63. The zero-order valence-corrected chi connectivity index (χ0v) is 15.2. The number of nitrogens with one attached hydrogen (secondary N) is 1. The van der Waals surface area contributed by atoms with Gasteiger partial charge in [0.2, 0.25) is 5.43 Å². The number of anilines is 1. The Kier molecular flexibility index (Phi) is 6.51. The predicted molar refractivity (Wildman–Crippen MR) is 99.2 cm³/mol. The van der Waals surface area contributed by atoms with Gasteiger partial charge in [0.25, 0.3) is 5.97 Å². The first-order chi connectivity index (χ1) is 12.8. The van der Waals surface area contributed by atoms with Gasteiger partial charge in [-0.25, -0.2) is 9.18 Å². The Morgan fingerprint density at radius 3 is 2.33 bits per heavy atom. The summed E-state index contributed by atoms with van der Waals surface area (Å²) in [6.07, 6.45) is 1.33. The number of carboxylic acids is 2. The molecule has 146 valence electrons. The number of fused-ring (bicyclic) bond motifs is 1. The van der Waals surface area contributed by atoms with E-state index in [0.29, 0.717) is 30.8 Å². The van der Waals surface area contributed by atoms with E-state index in [9.17, 15) is 14.0 Å². The standard InChI is InChI=1S/C16H18FN3O3.C2H4O2/c1-2-19-9-11(16(22)23)15(21)10-7-12(17)14(8-13(10)19)20-5-3-18-4-6-20;1-2(3)4/h7-9,18H,2-6H2,1H3,(H,22,23);1H3,(H,3,4). The molecule has 0 bridgehead atoms. The van der Waals surface area contributed by atoms with Crippen LogP contribution < -0.4 is 15.6 Å². The molecule has 0 atom stereocenters. The summed E-state index contributed by atoms with van der Waals surface area (Å²) in [4.78, 5) is 34.4. The van der Waals surface area contributed by atoms with Crippen LogP contribution in [0.5, 0.6) is 0 Å². The molecular weight excluding hydrogens is 357 g/mol. The molecule has 8 nitrogen and oxygen atoms in total. The molecule has 9 heteroatoms. The Balaban J connectivity index is 0.000000596. The van der Waals surface area contributed by atoms with Crippen molar-refractivity contribution in [2.75, 3.05) is 31.1 Å². The molecule has 27 heavy (non-hydrogen) atoms. The number of piperazine rings is 1. The number of aryl methyl sites for hydroxylation is 1. The van der Waals surface area contributed by atoms with E-state index in [1.165, 1.54) is 6.20 Å². The molecule has 0 unspecified atom stereocenters. The molecular formula is C18H22FN3O5. The molecule has 1 aliphatic heterocycles. The van der Waals surface area contributed by atoms with Crippen molar-refractivity contribution in [3.05, 3.63) is 39.9 Å². The highest BCUT2D eigenvalue weighted by Crippen LogP contribution is 2.25. The zero-order valence-electron chi connectivity index (χ0n) is 15.2.